The van der Waals surface area contributed by atoms with Crippen molar-refractivity contribution in [2.45, 2.75) is 39.3 Å². The highest BCUT2D eigenvalue weighted by atomic mass is 32.1. The minimum atomic E-state index is -0.857. The fourth-order valence-electron chi connectivity index (χ4n) is 3.79. The topological polar surface area (TPSA) is 46.6 Å². The third kappa shape index (κ3) is 3.70. The lowest BCUT2D eigenvalue weighted by Crippen LogP contribution is -2.43. The van der Waals surface area contributed by atoms with Crippen LogP contribution in [0.5, 0.6) is 0 Å². The van der Waals surface area contributed by atoms with Gasteiger partial charge in [-0.3, -0.25) is 4.79 Å². The molecule has 2 heterocycles. The van der Waals surface area contributed by atoms with E-state index in [9.17, 15) is 9.59 Å². The molecule has 2 atom stereocenters. The molecule has 1 amide bonds. The zero-order chi connectivity index (χ0) is 20.5. The lowest BCUT2D eigenvalue weighted by molar-refractivity contribution is -0.126. The van der Waals surface area contributed by atoms with Crippen molar-refractivity contribution >= 4 is 28.9 Å². The van der Waals surface area contributed by atoms with Crippen LogP contribution in [0.1, 0.15) is 34.6 Å². The summed E-state index contributed by atoms with van der Waals surface area (Å²) in [6, 6.07) is 17.9. The van der Waals surface area contributed by atoms with Gasteiger partial charge in [-0.05, 0) is 55.8 Å². The third-order valence-electron chi connectivity index (χ3n) is 5.29. The zero-order valence-electron chi connectivity index (χ0n) is 16.7. The average Bonchev–Trinajstić information content (AvgIpc) is 3.32. The minimum absolute atomic E-state index is 0.0471. The lowest BCUT2D eigenvalue weighted by Gasteiger charge is -2.25. The quantitative estimate of drug-likeness (QED) is 0.557. The maximum Gasteiger partial charge on any atom is 0.349 e. The fraction of sp³-hybridized carbons (Fsp3) is 0.250. The van der Waals surface area contributed by atoms with Crippen LogP contribution in [-0.2, 0) is 16.0 Å². The number of carbonyl (C=O) groups is 2. The predicted molar refractivity (Wildman–Crippen MR) is 116 cm³/mol. The number of hydrogen-bond acceptors (Lipinski definition) is 4. The van der Waals surface area contributed by atoms with Gasteiger partial charge in [-0.15, -0.1) is 11.3 Å². The second-order valence-corrected chi connectivity index (χ2v) is 8.38. The third-order valence-corrected chi connectivity index (χ3v) is 6.18. The summed E-state index contributed by atoms with van der Waals surface area (Å²) in [5.41, 5.74) is 5.01. The summed E-state index contributed by atoms with van der Waals surface area (Å²) < 4.78 is 5.60. The SMILES string of the molecule is Cc1ccc(-c2ccsc2C(=O)O[C@H](C)C(=O)N2c3ccccc3C[C@@H]2C)cc1. The van der Waals surface area contributed by atoms with E-state index in [1.165, 1.54) is 11.3 Å². The van der Waals surface area contributed by atoms with Gasteiger partial charge in [0.2, 0.25) is 0 Å². The molecule has 0 fully saturated rings. The number of benzene rings is 2. The number of hydrogen-bond donors (Lipinski definition) is 0. The van der Waals surface area contributed by atoms with Crippen LogP contribution in [0.3, 0.4) is 0 Å². The van der Waals surface area contributed by atoms with E-state index >= 15 is 0 Å². The first kappa shape index (κ1) is 19.4. The van der Waals surface area contributed by atoms with Crippen molar-refractivity contribution in [3.8, 4) is 11.1 Å². The normalized spacial score (nSPS) is 16.4. The van der Waals surface area contributed by atoms with Crippen molar-refractivity contribution in [2.24, 2.45) is 0 Å². The van der Waals surface area contributed by atoms with E-state index < -0.39 is 12.1 Å². The molecule has 0 N–H and O–H groups in total. The number of para-hydroxylation sites is 1. The van der Waals surface area contributed by atoms with E-state index in [-0.39, 0.29) is 11.9 Å². The Bertz CT molecular complexity index is 1050. The van der Waals surface area contributed by atoms with E-state index in [0.29, 0.717) is 4.88 Å². The Hall–Kier alpha value is -2.92. The molecule has 0 saturated heterocycles. The molecule has 29 heavy (non-hydrogen) atoms. The number of carbonyl (C=O) groups excluding carboxylic acids is 2. The number of thiophene rings is 1. The van der Waals surface area contributed by atoms with Crippen LogP contribution in [0.2, 0.25) is 0 Å². The molecule has 4 rings (SSSR count). The number of rotatable bonds is 4. The summed E-state index contributed by atoms with van der Waals surface area (Å²) in [4.78, 5) is 28.2. The average molecular weight is 406 g/mol. The zero-order valence-corrected chi connectivity index (χ0v) is 17.5. The van der Waals surface area contributed by atoms with Gasteiger partial charge >= 0.3 is 5.97 Å². The first-order valence-electron chi connectivity index (χ1n) is 9.72. The summed E-state index contributed by atoms with van der Waals surface area (Å²) in [7, 11) is 0. The molecular weight excluding hydrogens is 382 g/mol. The Balaban J connectivity index is 1.52. The molecule has 148 valence electrons. The molecule has 0 saturated carbocycles. The molecule has 1 aromatic heterocycles. The number of nitrogens with zero attached hydrogens (tertiary/aromatic N) is 1. The van der Waals surface area contributed by atoms with Gasteiger partial charge in [-0.1, -0.05) is 48.0 Å². The van der Waals surface area contributed by atoms with Crippen LogP contribution < -0.4 is 4.90 Å². The molecule has 4 nitrogen and oxygen atoms in total. The number of aryl methyl sites for hydroxylation is 1. The molecule has 2 aromatic carbocycles. The van der Waals surface area contributed by atoms with Gasteiger partial charge in [0.25, 0.3) is 5.91 Å². The number of ether oxygens (including phenoxy) is 1. The van der Waals surface area contributed by atoms with Crippen molar-refractivity contribution in [3.05, 3.63) is 76.0 Å². The van der Waals surface area contributed by atoms with Crippen molar-refractivity contribution in [1.29, 1.82) is 0 Å². The van der Waals surface area contributed by atoms with Gasteiger partial charge < -0.3 is 9.64 Å². The fourth-order valence-corrected chi connectivity index (χ4v) is 4.59. The van der Waals surface area contributed by atoms with E-state index in [4.69, 9.17) is 4.74 Å². The first-order valence-corrected chi connectivity index (χ1v) is 10.6. The van der Waals surface area contributed by atoms with Gasteiger partial charge in [0.15, 0.2) is 6.10 Å². The minimum Gasteiger partial charge on any atom is -0.448 e. The summed E-state index contributed by atoms with van der Waals surface area (Å²) in [5.74, 6) is -0.652. The number of fused-ring (bicyclic) bond motifs is 1. The molecule has 1 aliphatic rings. The lowest BCUT2D eigenvalue weighted by atomic mass is 10.1. The Morgan fingerprint density at radius 1 is 1.10 bits per heavy atom. The number of amides is 1. The van der Waals surface area contributed by atoms with E-state index in [1.54, 1.807) is 11.8 Å². The van der Waals surface area contributed by atoms with Crippen LogP contribution >= 0.6 is 11.3 Å². The molecular formula is C24H23NO3S. The van der Waals surface area contributed by atoms with E-state index in [0.717, 1.165) is 34.4 Å². The maximum atomic E-state index is 13.1. The second-order valence-electron chi connectivity index (χ2n) is 7.47. The first-order chi connectivity index (χ1) is 14.0. The highest BCUT2D eigenvalue weighted by Crippen LogP contribution is 2.33. The molecule has 1 aliphatic heterocycles. The molecule has 3 aromatic rings. The largest absolute Gasteiger partial charge is 0.448 e. The second kappa shape index (κ2) is 7.84. The smallest absolute Gasteiger partial charge is 0.349 e. The number of esters is 1. The molecule has 5 heteroatoms. The van der Waals surface area contributed by atoms with Gasteiger partial charge in [0.1, 0.15) is 4.88 Å². The van der Waals surface area contributed by atoms with Crippen molar-refractivity contribution < 1.29 is 14.3 Å². The standard InChI is InChI=1S/C24H23NO3S/c1-15-8-10-18(11-9-15)20-12-13-29-22(20)24(27)28-17(3)23(26)25-16(2)14-19-6-4-5-7-21(19)25/h4-13,16-17H,14H2,1-3H3/t16-,17+/m0/s1. The molecule has 0 radical (unpaired) electrons. The Morgan fingerprint density at radius 2 is 1.83 bits per heavy atom. The highest BCUT2D eigenvalue weighted by molar-refractivity contribution is 7.12. The van der Waals surface area contributed by atoms with Crippen molar-refractivity contribution in [3.63, 3.8) is 0 Å². The van der Waals surface area contributed by atoms with E-state index in [1.807, 2.05) is 73.8 Å². The van der Waals surface area contributed by atoms with Crippen LogP contribution in [0, 0.1) is 6.92 Å². The Labute approximate surface area is 174 Å². The number of anilines is 1. The van der Waals surface area contributed by atoms with Crippen LogP contribution in [0.15, 0.2) is 60.0 Å². The van der Waals surface area contributed by atoms with Crippen LogP contribution in [0.25, 0.3) is 11.1 Å². The molecule has 0 bridgehead atoms. The van der Waals surface area contributed by atoms with E-state index in [2.05, 4.69) is 0 Å². The van der Waals surface area contributed by atoms with Crippen LogP contribution in [-0.4, -0.2) is 24.0 Å². The van der Waals surface area contributed by atoms with Crippen molar-refractivity contribution in [1.82, 2.24) is 0 Å². The maximum absolute atomic E-state index is 13.1. The predicted octanol–water partition coefficient (Wildman–Crippen LogP) is 5.25. The van der Waals surface area contributed by atoms with Gasteiger partial charge in [0, 0.05) is 17.3 Å². The van der Waals surface area contributed by atoms with Crippen LogP contribution in [0.4, 0.5) is 5.69 Å². The Kier molecular flexibility index (Phi) is 5.24. The summed E-state index contributed by atoms with van der Waals surface area (Å²) in [6.45, 7) is 5.69. The summed E-state index contributed by atoms with van der Waals surface area (Å²) in [5, 5.41) is 1.87. The van der Waals surface area contributed by atoms with Gasteiger partial charge in [0.05, 0.1) is 0 Å². The monoisotopic (exact) mass is 405 g/mol. The Morgan fingerprint density at radius 3 is 2.59 bits per heavy atom. The molecule has 0 spiro atoms. The van der Waals surface area contributed by atoms with Gasteiger partial charge in [-0.2, -0.15) is 0 Å². The summed E-state index contributed by atoms with van der Waals surface area (Å²) >= 11 is 1.33. The molecule has 0 aliphatic carbocycles. The van der Waals surface area contributed by atoms with Crippen molar-refractivity contribution in [2.75, 3.05) is 4.90 Å². The van der Waals surface area contributed by atoms with Gasteiger partial charge in [-0.25, -0.2) is 4.79 Å². The summed E-state index contributed by atoms with van der Waals surface area (Å²) in [6.07, 6.45) is -0.0467. The highest BCUT2D eigenvalue weighted by Gasteiger charge is 2.34. The molecule has 0 unspecified atom stereocenters.